The summed E-state index contributed by atoms with van der Waals surface area (Å²) in [5.74, 6) is -0.418. The van der Waals surface area contributed by atoms with Crippen molar-refractivity contribution in [1.29, 1.82) is 0 Å². The van der Waals surface area contributed by atoms with Crippen LogP contribution in [0.5, 0.6) is 0 Å². The van der Waals surface area contributed by atoms with E-state index in [1.54, 1.807) is 24.4 Å². The molecule has 0 unspecified atom stereocenters. The van der Waals surface area contributed by atoms with Crippen LogP contribution in [-0.4, -0.2) is 15.0 Å². The van der Waals surface area contributed by atoms with Crippen molar-refractivity contribution in [1.82, 2.24) is 15.0 Å². The summed E-state index contributed by atoms with van der Waals surface area (Å²) in [4.78, 5) is 13.3. The molecule has 0 bridgehead atoms. The Kier molecular flexibility index (Phi) is 7.77. The summed E-state index contributed by atoms with van der Waals surface area (Å²) in [5.41, 5.74) is 6.90. The molecule has 1 fully saturated rings. The van der Waals surface area contributed by atoms with Gasteiger partial charge in [-0.1, -0.05) is 76.7 Å². The Labute approximate surface area is 335 Å². The van der Waals surface area contributed by atoms with Gasteiger partial charge in [0.05, 0.1) is 11.4 Å². The molecule has 4 aromatic carbocycles. The number of furan rings is 2. The van der Waals surface area contributed by atoms with E-state index in [0.717, 1.165) is 56.8 Å². The van der Waals surface area contributed by atoms with Gasteiger partial charge >= 0.3 is 0 Å². The second-order valence-corrected chi connectivity index (χ2v) is 15.5. The van der Waals surface area contributed by atoms with Gasteiger partial charge in [-0.25, -0.2) is 0 Å². The van der Waals surface area contributed by atoms with Crippen molar-refractivity contribution >= 4 is 43.9 Å². The summed E-state index contributed by atoms with van der Waals surface area (Å²) in [5, 5.41) is 3.85. The van der Waals surface area contributed by atoms with E-state index in [-0.39, 0.29) is 42.1 Å². The van der Waals surface area contributed by atoms with Gasteiger partial charge in [-0.05, 0) is 84.9 Å². The van der Waals surface area contributed by atoms with Gasteiger partial charge in [0, 0.05) is 69.4 Å². The van der Waals surface area contributed by atoms with Gasteiger partial charge in [-0.3, -0.25) is 9.97 Å². The molecule has 1 radical (unpaired) electrons. The maximum absolute atomic E-state index is 9.38. The number of hydrogen-bond donors (Lipinski definition) is 0. The monoisotopic (exact) mass is 883 g/mol. The van der Waals surface area contributed by atoms with Crippen molar-refractivity contribution in [2.45, 2.75) is 85.3 Å². The van der Waals surface area contributed by atoms with E-state index < -0.39 is 19.6 Å². The van der Waals surface area contributed by atoms with Crippen molar-refractivity contribution < 1.29 is 38.5 Å². The van der Waals surface area contributed by atoms with Gasteiger partial charge in [-0.15, -0.1) is 53.6 Å². The molecule has 271 valence electrons. The van der Waals surface area contributed by atoms with Gasteiger partial charge in [0.15, 0.2) is 0 Å². The Bertz CT molecular complexity index is 2840. The van der Waals surface area contributed by atoms with E-state index in [1.165, 1.54) is 12.3 Å². The van der Waals surface area contributed by atoms with Crippen molar-refractivity contribution in [3.8, 4) is 22.6 Å². The van der Waals surface area contributed by atoms with E-state index in [2.05, 4.69) is 61.7 Å². The number of aryl methyl sites for hydroxylation is 2. The zero-order chi connectivity index (χ0) is 42.1. The van der Waals surface area contributed by atoms with Crippen molar-refractivity contribution in [3.63, 3.8) is 0 Å². The molecule has 6 heteroatoms. The van der Waals surface area contributed by atoms with Crippen molar-refractivity contribution in [2.75, 3.05) is 0 Å². The predicted octanol–water partition coefficient (Wildman–Crippen LogP) is 12.9. The number of rotatable bonds is 3. The molecule has 8 aromatic rings. The molecule has 53 heavy (non-hydrogen) atoms. The zero-order valence-electron chi connectivity index (χ0n) is 37.5. The van der Waals surface area contributed by atoms with Crippen molar-refractivity contribution in [2.24, 2.45) is 5.41 Å². The fourth-order valence-corrected chi connectivity index (χ4v) is 7.00. The third-order valence-corrected chi connectivity index (χ3v) is 10.2. The maximum atomic E-state index is 9.38. The minimum Gasteiger partial charge on any atom is -0.501 e. The molecule has 4 heterocycles. The molecule has 9 rings (SSSR count). The molecule has 1 saturated carbocycles. The average molecular weight is 883 g/mol. The first-order valence-corrected chi connectivity index (χ1v) is 17.8. The summed E-state index contributed by atoms with van der Waals surface area (Å²) in [6.45, 7) is 6.22. The normalized spacial score (nSPS) is 17.7. The number of nitrogens with zero attached hydrogens (tertiary/aromatic N) is 3. The largest absolute Gasteiger partial charge is 0.501 e. The SMILES string of the molecule is [2H]C([2H])([2H])c1c[c-]c(-c2nccc(C(C)(C)C)n2)cc1.[2H]C([2H])([2H])c1cnc(-c2[c-]ccc3c2oc2cc4c(cc23)oc2ccccc24)cc1C1([2H])CCC(C)(C)CC1.[Ir]. The Morgan fingerprint density at radius 1 is 0.830 bits per heavy atom. The van der Waals surface area contributed by atoms with Gasteiger partial charge in [-0.2, -0.15) is 0 Å². The molecule has 5 nitrogen and oxygen atoms in total. The van der Waals surface area contributed by atoms with Crippen LogP contribution in [0.4, 0.5) is 0 Å². The van der Waals surface area contributed by atoms with Crippen LogP contribution in [0.15, 0.2) is 100 Å². The molecule has 1 aliphatic carbocycles. The molecule has 0 N–H and O–H groups in total. The van der Waals surface area contributed by atoms with Crippen LogP contribution in [-0.2, 0) is 25.5 Å². The van der Waals surface area contributed by atoms with E-state index >= 15 is 0 Å². The first-order chi connectivity index (χ1) is 27.7. The summed E-state index contributed by atoms with van der Waals surface area (Å²) in [6.07, 6.45) is 6.11. The smallest absolute Gasteiger partial charge is 0.136 e. The van der Waals surface area contributed by atoms with Gasteiger partial charge < -0.3 is 13.8 Å². The zero-order valence-corrected chi connectivity index (χ0v) is 32.9. The van der Waals surface area contributed by atoms with Crippen LogP contribution in [0.1, 0.15) is 98.2 Å². The second kappa shape index (κ2) is 14.3. The Balaban J connectivity index is 0.000000220. The van der Waals surface area contributed by atoms with Crippen LogP contribution >= 0.6 is 0 Å². The van der Waals surface area contributed by atoms with Crippen LogP contribution in [0.3, 0.4) is 0 Å². The Hall–Kier alpha value is -4.64. The predicted molar refractivity (Wildman–Crippen MR) is 213 cm³/mol. The maximum Gasteiger partial charge on any atom is 0.136 e. The number of benzene rings is 4. The number of aromatic nitrogens is 3. The van der Waals surface area contributed by atoms with Gasteiger partial charge in [0.1, 0.15) is 16.7 Å². The molecule has 0 saturated heterocycles. The molecular weight excluding hydrogens is 831 g/mol. The van der Waals surface area contributed by atoms with Crippen LogP contribution in [0.25, 0.3) is 66.5 Å². The summed E-state index contributed by atoms with van der Waals surface area (Å²) >= 11 is 0. The molecule has 0 amide bonds. The number of pyridine rings is 1. The van der Waals surface area contributed by atoms with Crippen LogP contribution < -0.4 is 0 Å². The first kappa shape index (κ1) is 28.8. The molecule has 4 aromatic heterocycles. The summed E-state index contributed by atoms with van der Waals surface area (Å²) in [7, 11) is 0. The second-order valence-electron chi connectivity index (χ2n) is 15.5. The van der Waals surface area contributed by atoms with Gasteiger partial charge in [0.2, 0.25) is 0 Å². The first-order valence-electron chi connectivity index (χ1n) is 21.3. The quantitative estimate of drug-likeness (QED) is 0.165. The summed E-state index contributed by atoms with van der Waals surface area (Å²) < 4.78 is 68.4. The van der Waals surface area contributed by atoms with E-state index in [0.29, 0.717) is 46.6 Å². The number of hydrogen-bond acceptors (Lipinski definition) is 5. The minimum atomic E-state index is -2.35. The number of para-hydroxylation sites is 1. The fourth-order valence-electron chi connectivity index (χ4n) is 7.00. The number of fused-ring (bicyclic) bond motifs is 6. The third kappa shape index (κ3) is 7.32. The van der Waals surface area contributed by atoms with E-state index in [9.17, 15) is 1.37 Å². The average Bonchev–Trinajstić information content (AvgIpc) is 3.75. The van der Waals surface area contributed by atoms with E-state index in [4.69, 9.17) is 17.1 Å². The van der Waals surface area contributed by atoms with Crippen molar-refractivity contribution in [3.05, 3.63) is 126 Å². The minimum absolute atomic E-state index is 0. The standard InChI is InChI=1S/C32H28NO2.C15H17N2.Ir/c1-19-18-33-27(15-24(19)20-11-13-32(2,3)14-12-20)23-9-6-8-22-26-17-29-25(16-30(26)35-31(22)23)21-7-4-5-10-28(21)34-29;1-11-5-7-12(8-6-11)14-16-10-9-13(17-14)15(2,3)4;/h4-8,10,15-18,20H,11-14H2,1-3H3;5-7,9-10H,1-4H3;/q2*-1;/i1D3,20D;1D3;. The topological polar surface area (TPSA) is 65.0 Å². The summed E-state index contributed by atoms with van der Waals surface area (Å²) in [6, 6.07) is 30.5. The van der Waals surface area contributed by atoms with Gasteiger partial charge in [0.25, 0.3) is 0 Å². The molecule has 0 spiro atoms. The van der Waals surface area contributed by atoms with Crippen LogP contribution in [0.2, 0.25) is 0 Å². The van der Waals surface area contributed by atoms with E-state index in [1.807, 2.05) is 54.6 Å². The molecule has 0 atom stereocenters. The third-order valence-electron chi connectivity index (χ3n) is 10.2. The Morgan fingerprint density at radius 2 is 1.60 bits per heavy atom. The molecular formula is C47H45IrN3O2-2. The Morgan fingerprint density at radius 3 is 2.34 bits per heavy atom. The van der Waals surface area contributed by atoms with Crippen LogP contribution in [0, 0.1) is 31.3 Å². The molecule has 1 aliphatic rings. The molecule has 0 aliphatic heterocycles. The fraction of sp³-hybridized carbons (Fsp3) is 0.298.